The van der Waals surface area contributed by atoms with Gasteiger partial charge in [-0.25, -0.2) is 0 Å². The molecule has 0 N–H and O–H groups in total. The van der Waals surface area contributed by atoms with Crippen molar-refractivity contribution in [2.24, 2.45) is 0 Å². The Bertz CT molecular complexity index is 370. The summed E-state index contributed by atoms with van der Waals surface area (Å²) in [6.07, 6.45) is 0. The number of halogens is 13. The molecule has 0 heterocycles. The first-order valence-electron chi connectivity index (χ1n) is 5.69. The van der Waals surface area contributed by atoms with E-state index >= 15 is 0 Å². The fraction of sp³-hybridized carbons (Fsp3) is 0.143. The van der Waals surface area contributed by atoms with Gasteiger partial charge in [-0.05, 0) is 0 Å². The van der Waals surface area contributed by atoms with E-state index in [0.717, 1.165) is 49.0 Å². The molecule has 138 valence electrons. The third-order valence-electron chi connectivity index (χ3n) is 1.32. The quantitative estimate of drug-likeness (QED) is 0.349. The minimum absolute atomic E-state index is 0.945. The summed E-state index contributed by atoms with van der Waals surface area (Å²) < 4.78 is 119. The molecule has 0 fully saturated rings. The molecule has 0 aromatic heterocycles. The van der Waals surface area contributed by atoms with E-state index in [9.17, 15) is 51.8 Å². The van der Waals surface area contributed by atoms with Gasteiger partial charge in [0.05, 0.1) is 0 Å². The van der Waals surface area contributed by atoms with Crippen molar-refractivity contribution in [1.82, 2.24) is 0 Å². The number of hydrogen-bond donors (Lipinski definition) is 0. The van der Waals surface area contributed by atoms with Crippen molar-refractivity contribution in [1.29, 1.82) is 0 Å². The van der Waals surface area contributed by atoms with Crippen LogP contribution in [-0.4, -0.2) is 70.7 Å². The maximum atomic E-state index is 9.75. The van der Waals surface area contributed by atoms with Crippen LogP contribution in [0.2, 0.25) is 0 Å². The van der Waals surface area contributed by atoms with Crippen molar-refractivity contribution in [3.05, 3.63) is 34.3 Å². The minimum atomic E-state index is -6.00. The fourth-order valence-corrected chi connectivity index (χ4v) is 1.72. The van der Waals surface area contributed by atoms with E-state index in [0.29, 0.717) is 0 Å². The zero-order valence-corrected chi connectivity index (χ0v) is 16.4. The van der Waals surface area contributed by atoms with Gasteiger partial charge in [0.2, 0.25) is 0 Å². The maximum absolute atomic E-state index is 9.75. The van der Waals surface area contributed by atoms with Gasteiger partial charge >= 0.3 is 121 Å². The van der Waals surface area contributed by atoms with E-state index in [1.807, 2.05) is 0 Å². The topological polar surface area (TPSA) is 0 Å². The predicted octanol–water partition coefficient (Wildman–Crippen LogP) is 6.02. The average molecular weight is 470 g/mol. The molecule has 0 spiro atoms. The molecule has 1 rings (SSSR count). The molecule has 0 saturated carbocycles. The monoisotopic (exact) mass is 469 g/mol. The van der Waals surface area contributed by atoms with Crippen LogP contribution in [0, 0.1) is 0 Å². The van der Waals surface area contributed by atoms with E-state index in [1.165, 1.54) is 10.6 Å². The molecule has 1 aromatic carbocycles. The molecule has 0 unspecified atom stereocenters. The van der Waals surface area contributed by atoms with Crippen LogP contribution in [0.3, 0.4) is 0 Å². The van der Waals surface area contributed by atoms with Crippen LogP contribution >= 0.6 is 15.9 Å². The first-order valence-corrected chi connectivity index (χ1v) is 8.69. The first kappa shape index (κ1) is 29.5. The number of hydrogen-bond acceptors (Lipinski definition) is 0. The summed E-state index contributed by atoms with van der Waals surface area (Å²) in [5.74, 6) is 0. The van der Waals surface area contributed by atoms with Crippen LogP contribution in [0.1, 0.15) is 5.56 Å². The third kappa shape index (κ3) is 66.3. The summed E-state index contributed by atoms with van der Waals surface area (Å²) in [4.78, 5) is 0. The molecule has 0 bridgehead atoms. The molecular formula is C7H6B3BrF12K-3. The van der Waals surface area contributed by atoms with E-state index in [2.05, 4.69) is 40.2 Å². The van der Waals surface area contributed by atoms with Gasteiger partial charge in [-0.2, -0.15) is 0 Å². The molecule has 0 radical (unpaired) electrons. The van der Waals surface area contributed by atoms with Gasteiger partial charge in [0.25, 0.3) is 0 Å². The Balaban J connectivity index is -0.000000259. The second kappa shape index (κ2) is 13.8. The molecule has 0 aliphatic carbocycles. The molecule has 0 aliphatic heterocycles. The predicted molar refractivity (Wildman–Crippen MR) is 74.2 cm³/mol. The van der Waals surface area contributed by atoms with E-state index < -0.39 is 21.8 Å². The zero-order chi connectivity index (χ0) is 20.2. The van der Waals surface area contributed by atoms with E-state index in [4.69, 9.17) is 0 Å². The van der Waals surface area contributed by atoms with Gasteiger partial charge in [-0.3, -0.25) is 0 Å². The van der Waals surface area contributed by atoms with Gasteiger partial charge in [0.15, 0.2) is 0 Å². The summed E-state index contributed by atoms with van der Waals surface area (Å²) in [7, 11) is -18.0. The van der Waals surface area contributed by atoms with Crippen LogP contribution in [0.25, 0.3) is 0 Å². The molecule has 1 aromatic rings. The fourth-order valence-electron chi connectivity index (χ4n) is 0.720. The van der Waals surface area contributed by atoms with Gasteiger partial charge in [-0.1, -0.05) is 0 Å². The van der Waals surface area contributed by atoms with Gasteiger partial charge < -0.3 is 51.8 Å². The Kier molecular flexibility index (Phi) is 17.0. The van der Waals surface area contributed by atoms with Crippen LogP contribution in [-0.2, 0) is 0.515 Å². The second-order valence-corrected chi connectivity index (χ2v) is 5.48. The standard InChI is InChI=1S/C7H6Br.3BF4.K/c1-6-2-4-7(8)5-3-6;3*2-1(3,4)5;/h2-5H,1H2;;;;/q;3*-1;. The molecular weight excluding hydrogens is 463 g/mol. The first-order chi connectivity index (χ1) is 10.3. The summed E-state index contributed by atoms with van der Waals surface area (Å²) in [6, 6.07) is 8.55. The Morgan fingerprint density at radius 2 is 0.833 bits per heavy atom. The molecule has 24 heavy (non-hydrogen) atoms. The zero-order valence-electron chi connectivity index (χ0n) is 11.7. The molecule has 0 nitrogen and oxygen atoms in total. The van der Waals surface area contributed by atoms with Crippen molar-refractivity contribution >= 4 is 86.6 Å². The van der Waals surface area contributed by atoms with Gasteiger partial charge in [0, 0.05) is 0 Å². The normalized spacial score (nSPS) is 11.1. The van der Waals surface area contributed by atoms with Crippen LogP contribution < -0.4 is 0 Å². The van der Waals surface area contributed by atoms with Crippen molar-refractivity contribution in [3.63, 3.8) is 0 Å². The van der Waals surface area contributed by atoms with Crippen LogP contribution in [0.4, 0.5) is 51.8 Å². The summed E-state index contributed by atoms with van der Waals surface area (Å²) in [5.41, 5.74) is 1.47. The van der Waals surface area contributed by atoms with Gasteiger partial charge in [-0.15, -0.1) is 0 Å². The van der Waals surface area contributed by atoms with E-state index in [-0.39, 0.29) is 0 Å². The van der Waals surface area contributed by atoms with Gasteiger partial charge in [0.1, 0.15) is 0 Å². The third-order valence-corrected chi connectivity index (χ3v) is 3.13. The Labute approximate surface area is 171 Å². The molecule has 0 atom stereocenters. The molecule has 0 amide bonds. The molecule has 0 saturated heterocycles. The van der Waals surface area contributed by atoms with Crippen molar-refractivity contribution < 1.29 is 51.8 Å². The summed E-state index contributed by atoms with van der Waals surface area (Å²) >= 11 is 4.34. The van der Waals surface area contributed by atoms with Crippen molar-refractivity contribution in [3.8, 4) is 0 Å². The Hall–Kier alpha value is 0.691. The Morgan fingerprint density at radius 1 is 0.625 bits per heavy atom. The van der Waals surface area contributed by atoms with E-state index in [1.54, 1.807) is 0 Å². The summed E-state index contributed by atoms with van der Waals surface area (Å²) in [6.45, 7) is 0. The average Bonchev–Trinajstić information content (AvgIpc) is 2.23. The number of benzene rings is 1. The SMILES string of the molecule is F[B-](F)(F)F.F[B-](F)(F)F.F[B-](F)(F)F.[K][CH2]c1ccc(Br)cc1. The van der Waals surface area contributed by atoms with Crippen molar-refractivity contribution in [2.45, 2.75) is 0.515 Å². The number of rotatable bonds is 1. The Morgan fingerprint density at radius 3 is 1.00 bits per heavy atom. The molecule has 17 heteroatoms. The summed E-state index contributed by atoms with van der Waals surface area (Å²) in [5, 5.41) is 0. The van der Waals surface area contributed by atoms with Crippen LogP contribution in [0.5, 0.6) is 0 Å². The van der Waals surface area contributed by atoms with Crippen molar-refractivity contribution in [2.75, 3.05) is 0 Å². The van der Waals surface area contributed by atoms with Crippen LogP contribution in [0.15, 0.2) is 28.7 Å². The second-order valence-electron chi connectivity index (χ2n) is 3.46. The molecule has 0 aliphatic rings.